The first-order valence-corrected chi connectivity index (χ1v) is 8.10. The molecule has 1 heteroatoms. The van der Waals surface area contributed by atoms with Crippen LogP contribution >= 0.6 is 0 Å². The molecule has 0 aliphatic heterocycles. The first-order valence-electron chi connectivity index (χ1n) is 8.10. The second-order valence-corrected chi connectivity index (χ2v) is 7.44. The fourth-order valence-corrected chi connectivity index (χ4v) is 4.01. The van der Waals surface area contributed by atoms with Crippen molar-refractivity contribution in [3.05, 3.63) is 34.9 Å². The summed E-state index contributed by atoms with van der Waals surface area (Å²) in [6.45, 7) is 11.1. The van der Waals surface area contributed by atoms with Crippen LogP contribution in [0.15, 0.2) is 18.2 Å². The van der Waals surface area contributed by atoms with E-state index >= 15 is 0 Å². The Morgan fingerprint density at radius 1 is 1.20 bits per heavy atom. The van der Waals surface area contributed by atoms with Crippen molar-refractivity contribution in [1.82, 2.24) is 0 Å². The van der Waals surface area contributed by atoms with Gasteiger partial charge in [0.1, 0.15) is 0 Å². The second-order valence-electron chi connectivity index (χ2n) is 7.44. The predicted octanol–water partition coefficient (Wildman–Crippen LogP) is 4.67. The average Bonchev–Trinajstić information content (AvgIpc) is 2.32. The van der Waals surface area contributed by atoms with Gasteiger partial charge in [-0.1, -0.05) is 45.4 Å². The minimum absolute atomic E-state index is 0.431. The Hall–Kier alpha value is -0.820. The fraction of sp³-hybridized carbons (Fsp3) is 0.684. The smallest absolute Gasteiger partial charge is 0.0720 e. The third-order valence-electron chi connectivity index (χ3n) is 5.25. The molecular weight excluding hydrogens is 244 g/mol. The predicted molar refractivity (Wildman–Crippen MR) is 85.9 cm³/mol. The number of benzene rings is 1. The molecule has 0 heterocycles. The standard InChI is InChI=1S/C19H30O/c1-13(2)18-9-6-14(3)11-19(18,20)12-17-8-7-15(4)16(5)10-17/h7-8,10,13-14,18,20H,6,9,11-12H2,1-5H3. The quantitative estimate of drug-likeness (QED) is 0.849. The molecule has 0 saturated heterocycles. The van der Waals surface area contributed by atoms with E-state index in [0.29, 0.717) is 17.8 Å². The van der Waals surface area contributed by atoms with E-state index in [-0.39, 0.29) is 0 Å². The SMILES string of the molecule is Cc1ccc(CC2(O)CC(C)CCC2C(C)C)cc1C. The highest BCUT2D eigenvalue weighted by molar-refractivity contribution is 5.31. The van der Waals surface area contributed by atoms with Crippen LogP contribution in [-0.4, -0.2) is 10.7 Å². The Morgan fingerprint density at radius 2 is 1.90 bits per heavy atom. The van der Waals surface area contributed by atoms with Gasteiger partial charge in [0.15, 0.2) is 0 Å². The van der Waals surface area contributed by atoms with Crippen LogP contribution in [-0.2, 0) is 6.42 Å². The van der Waals surface area contributed by atoms with E-state index in [4.69, 9.17) is 0 Å². The number of rotatable bonds is 3. The van der Waals surface area contributed by atoms with Crippen molar-refractivity contribution >= 4 is 0 Å². The van der Waals surface area contributed by atoms with Crippen LogP contribution in [0.2, 0.25) is 0 Å². The van der Waals surface area contributed by atoms with Crippen molar-refractivity contribution in [2.24, 2.45) is 17.8 Å². The van der Waals surface area contributed by atoms with Gasteiger partial charge >= 0.3 is 0 Å². The fourth-order valence-electron chi connectivity index (χ4n) is 4.01. The van der Waals surface area contributed by atoms with E-state index in [2.05, 4.69) is 52.8 Å². The van der Waals surface area contributed by atoms with E-state index in [1.165, 1.54) is 29.5 Å². The third kappa shape index (κ3) is 3.25. The lowest BCUT2D eigenvalue weighted by Crippen LogP contribution is -2.47. The van der Waals surface area contributed by atoms with Gasteiger partial charge in [0.25, 0.3) is 0 Å². The van der Waals surface area contributed by atoms with Crippen molar-refractivity contribution in [2.75, 3.05) is 0 Å². The summed E-state index contributed by atoms with van der Waals surface area (Å²) in [4.78, 5) is 0. The summed E-state index contributed by atoms with van der Waals surface area (Å²) >= 11 is 0. The zero-order chi connectivity index (χ0) is 14.9. The van der Waals surface area contributed by atoms with Gasteiger partial charge in [-0.15, -0.1) is 0 Å². The molecular formula is C19H30O. The highest BCUT2D eigenvalue weighted by atomic mass is 16.3. The maximum absolute atomic E-state index is 11.3. The summed E-state index contributed by atoms with van der Waals surface area (Å²) in [7, 11) is 0. The van der Waals surface area contributed by atoms with E-state index in [1.54, 1.807) is 0 Å². The average molecular weight is 274 g/mol. The summed E-state index contributed by atoms with van der Waals surface area (Å²) in [5, 5.41) is 11.3. The van der Waals surface area contributed by atoms with Crippen molar-refractivity contribution in [2.45, 2.75) is 65.9 Å². The molecule has 20 heavy (non-hydrogen) atoms. The lowest BCUT2D eigenvalue weighted by atomic mass is 9.65. The maximum Gasteiger partial charge on any atom is 0.0720 e. The van der Waals surface area contributed by atoms with Gasteiger partial charge in [0.2, 0.25) is 0 Å². The first kappa shape index (κ1) is 15.6. The molecule has 0 amide bonds. The van der Waals surface area contributed by atoms with Crippen LogP contribution in [0.25, 0.3) is 0 Å². The number of hydrogen-bond acceptors (Lipinski definition) is 1. The van der Waals surface area contributed by atoms with Crippen molar-refractivity contribution in [3.63, 3.8) is 0 Å². The maximum atomic E-state index is 11.3. The van der Waals surface area contributed by atoms with Gasteiger partial charge in [-0.05, 0) is 61.1 Å². The molecule has 1 nitrogen and oxygen atoms in total. The minimum Gasteiger partial charge on any atom is -0.389 e. The molecule has 1 aromatic rings. The van der Waals surface area contributed by atoms with Gasteiger partial charge in [0, 0.05) is 6.42 Å². The lowest BCUT2D eigenvalue weighted by Gasteiger charge is -2.45. The van der Waals surface area contributed by atoms with Gasteiger partial charge in [-0.2, -0.15) is 0 Å². The topological polar surface area (TPSA) is 20.2 Å². The van der Waals surface area contributed by atoms with Crippen LogP contribution in [0, 0.1) is 31.6 Å². The Kier molecular flexibility index (Phi) is 4.59. The summed E-state index contributed by atoms with van der Waals surface area (Å²) in [5.41, 5.74) is 3.43. The summed E-state index contributed by atoms with van der Waals surface area (Å²) in [6.07, 6.45) is 4.18. The molecule has 3 atom stereocenters. The second kappa shape index (κ2) is 5.89. The van der Waals surface area contributed by atoms with E-state index < -0.39 is 5.60 Å². The van der Waals surface area contributed by atoms with Gasteiger partial charge in [-0.3, -0.25) is 0 Å². The molecule has 1 saturated carbocycles. The Bertz CT molecular complexity index is 463. The monoisotopic (exact) mass is 274 g/mol. The summed E-state index contributed by atoms with van der Waals surface area (Å²) in [6, 6.07) is 6.63. The zero-order valence-corrected chi connectivity index (χ0v) is 13.7. The Labute approximate surface area is 124 Å². The molecule has 0 radical (unpaired) electrons. The molecule has 3 unspecified atom stereocenters. The molecule has 1 aliphatic rings. The van der Waals surface area contributed by atoms with Crippen LogP contribution in [0.1, 0.15) is 56.7 Å². The van der Waals surface area contributed by atoms with Gasteiger partial charge in [-0.25, -0.2) is 0 Å². The first-order chi connectivity index (χ1) is 9.32. The Morgan fingerprint density at radius 3 is 2.50 bits per heavy atom. The van der Waals surface area contributed by atoms with Crippen molar-refractivity contribution < 1.29 is 5.11 Å². The molecule has 1 aliphatic carbocycles. The molecule has 1 N–H and O–H groups in total. The Balaban J connectivity index is 2.24. The zero-order valence-electron chi connectivity index (χ0n) is 13.7. The lowest BCUT2D eigenvalue weighted by molar-refractivity contribution is -0.0795. The highest BCUT2D eigenvalue weighted by Gasteiger charge is 2.42. The van der Waals surface area contributed by atoms with Gasteiger partial charge in [0.05, 0.1) is 5.60 Å². The molecule has 1 aromatic carbocycles. The minimum atomic E-state index is -0.520. The van der Waals surface area contributed by atoms with E-state index in [0.717, 1.165) is 12.8 Å². The van der Waals surface area contributed by atoms with Crippen LogP contribution in [0.3, 0.4) is 0 Å². The molecule has 1 fully saturated rings. The molecule has 0 aromatic heterocycles. The molecule has 2 rings (SSSR count). The van der Waals surface area contributed by atoms with Crippen molar-refractivity contribution in [1.29, 1.82) is 0 Å². The van der Waals surface area contributed by atoms with Crippen molar-refractivity contribution in [3.8, 4) is 0 Å². The van der Waals surface area contributed by atoms with E-state index in [9.17, 15) is 5.11 Å². The number of aliphatic hydroxyl groups is 1. The number of hydrogen-bond donors (Lipinski definition) is 1. The van der Waals surface area contributed by atoms with Crippen LogP contribution in [0.5, 0.6) is 0 Å². The third-order valence-corrected chi connectivity index (χ3v) is 5.25. The van der Waals surface area contributed by atoms with Gasteiger partial charge < -0.3 is 5.11 Å². The molecule has 0 bridgehead atoms. The largest absolute Gasteiger partial charge is 0.389 e. The molecule has 112 valence electrons. The van der Waals surface area contributed by atoms with E-state index in [1.807, 2.05) is 0 Å². The highest BCUT2D eigenvalue weighted by Crippen LogP contribution is 2.42. The summed E-state index contributed by atoms with van der Waals surface area (Å²) in [5.74, 6) is 1.63. The normalized spacial score (nSPS) is 30.8. The molecule has 0 spiro atoms. The summed E-state index contributed by atoms with van der Waals surface area (Å²) < 4.78 is 0. The van der Waals surface area contributed by atoms with Crippen LogP contribution in [0.4, 0.5) is 0 Å². The van der Waals surface area contributed by atoms with Crippen LogP contribution < -0.4 is 0 Å². The number of aryl methyl sites for hydroxylation is 2.